The van der Waals surface area contributed by atoms with E-state index in [1.54, 1.807) is 48.7 Å². The third-order valence-electron chi connectivity index (χ3n) is 4.26. The first-order valence-electron chi connectivity index (χ1n) is 8.40. The van der Waals surface area contributed by atoms with E-state index in [0.29, 0.717) is 11.4 Å². The van der Waals surface area contributed by atoms with Gasteiger partial charge in [-0.3, -0.25) is 9.52 Å². The molecule has 1 amide bonds. The second-order valence-corrected chi connectivity index (χ2v) is 7.85. The van der Waals surface area contributed by atoms with Gasteiger partial charge in [-0.2, -0.15) is 5.10 Å². The highest BCUT2D eigenvalue weighted by Crippen LogP contribution is 2.22. The van der Waals surface area contributed by atoms with E-state index in [1.165, 1.54) is 10.7 Å². The molecule has 4 aromatic rings. The Morgan fingerprint density at radius 1 is 0.929 bits per heavy atom. The molecule has 28 heavy (non-hydrogen) atoms. The molecule has 3 N–H and O–H groups in total. The van der Waals surface area contributed by atoms with E-state index in [0.717, 1.165) is 10.8 Å². The molecule has 8 heteroatoms. The fourth-order valence-electron chi connectivity index (χ4n) is 2.83. The number of anilines is 1. The number of aromatic nitrogens is 2. The molecule has 0 fully saturated rings. The minimum absolute atomic E-state index is 0.154. The molecule has 3 aromatic carbocycles. The van der Waals surface area contributed by atoms with E-state index in [2.05, 4.69) is 9.82 Å². The van der Waals surface area contributed by atoms with Crippen molar-refractivity contribution in [2.75, 3.05) is 4.72 Å². The van der Waals surface area contributed by atoms with Crippen molar-refractivity contribution in [2.24, 2.45) is 5.73 Å². The van der Waals surface area contributed by atoms with Crippen molar-refractivity contribution in [1.82, 2.24) is 9.78 Å². The Labute approximate surface area is 161 Å². The highest BCUT2D eigenvalue weighted by Gasteiger charge is 2.15. The molecule has 0 aliphatic heterocycles. The van der Waals surface area contributed by atoms with Gasteiger partial charge in [-0.25, -0.2) is 13.1 Å². The van der Waals surface area contributed by atoms with Crippen LogP contribution < -0.4 is 10.5 Å². The predicted molar refractivity (Wildman–Crippen MR) is 107 cm³/mol. The first kappa shape index (κ1) is 17.7. The zero-order valence-corrected chi connectivity index (χ0v) is 15.4. The summed E-state index contributed by atoms with van der Waals surface area (Å²) in [6.07, 6.45) is 1.61. The van der Waals surface area contributed by atoms with Gasteiger partial charge in [0.2, 0.25) is 0 Å². The lowest BCUT2D eigenvalue weighted by molar-refractivity contribution is 0.0995. The standard InChI is InChI=1S/C20H16N4O3S/c21-20(25)19-11-12-24(22-19)17-8-6-16(7-9-17)23-28(26,27)18-10-5-14-3-1-2-4-15(14)13-18/h1-13,23H,(H2,21,25). The molecule has 7 nitrogen and oxygen atoms in total. The van der Waals surface area contributed by atoms with E-state index in [1.807, 2.05) is 24.3 Å². The summed E-state index contributed by atoms with van der Waals surface area (Å²) in [4.78, 5) is 11.3. The van der Waals surface area contributed by atoms with Crippen molar-refractivity contribution in [3.63, 3.8) is 0 Å². The third kappa shape index (κ3) is 3.45. The molecule has 1 aromatic heterocycles. The van der Waals surface area contributed by atoms with Crippen molar-refractivity contribution >= 4 is 32.4 Å². The summed E-state index contributed by atoms with van der Waals surface area (Å²) in [7, 11) is -3.72. The summed E-state index contributed by atoms with van der Waals surface area (Å²) in [5.74, 6) is -0.612. The molecule has 0 spiro atoms. The van der Waals surface area contributed by atoms with Gasteiger partial charge in [0.1, 0.15) is 5.69 Å². The van der Waals surface area contributed by atoms with E-state index in [9.17, 15) is 13.2 Å². The maximum Gasteiger partial charge on any atom is 0.269 e. The second kappa shape index (κ2) is 6.82. The minimum atomic E-state index is -3.72. The van der Waals surface area contributed by atoms with Crippen LogP contribution in [0.4, 0.5) is 5.69 Å². The van der Waals surface area contributed by atoms with Crippen LogP contribution in [-0.4, -0.2) is 24.1 Å². The molecule has 0 radical (unpaired) electrons. The lowest BCUT2D eigenvalue weighted by Crippen LogP contribution is -2.13. The molecule has 1 heterocycles. The third-order valence-corrected chi connectivity index (χ3v) is 5.64. The number of fused-ring (bicyclic) bond motifs is 1. The first-order chi connectivity index (χ1) is 13.4. The highest BCUT2D eigenvalue weighted by molar-refractivity contribution is 7.92. The van der Waals surface area contributed by atoms with Crippen LogP contribution in [0.15, 0.2) is 83.9 Å². The molecule has 0 saturated heterocycles. The number of nitrogens with zero attached hydrogens (tertiary/aromatic N) is 2. The van der Waals surface area contributed by atoms with Crippen LogP contribution in [0.5, 0.6) is 0 Å². The molecule has 140 valence electrons. The lowest BCUT2D eigenvalue weighted by atomic mass is 10.1. The second-order valence-electron chi connectivity index (χ2n) is 6.17. The number of nitrogens with one attached hydrogen (secondary N) is 1. The zero-order chi connectivity index (χ0) is 19.7. The number of amides is 1. The smallest absolute Gasteiger partial charge is 0.269 e. The molecule has 0 aliphatic carbocycles. The van der Waals surface area contributed by atoms with Gasteiger partial charge in [-0.05, 0) is 53.2 Å². The molecule has 0 atom stereocenters. The Morgan fingerprint density at radius 2 is 1.64 bits per heavy atom. The lowest BCUT2D eigenvalue weighted by Gasteiger charge is -2.10. The maximum atomic E-state index is 12.7. The van der Waals surface area contributed by atoms with Crippen LogP contribution in [-0.2, 0) is 10.0 Å². The maximum absolute atomic E-state index is 12.7. The van der Waals surface area contributed by atoms with Gasteiger partial charge >= 0.3 is 0 Å². The van der Waals surface area contributed by atoms with Crippen molar-refractivity contribution in [3.05, 3.63) is 84.7 Å². The van der Waals surface area contributed by atoms with Crippen LogP contribution in [0.1, 0.15) is 10.5 Å². The number of carbonyl (C=O) groups is 1. The van der Waals surface area contributed by atoms with Crippen LogP contribution in [0, 0.1) is 0 Å². The molecular weight excluding hydrogens is 376 g/mol. The number of nitrogens with two attached hydrogens (primary N) is 1. The Bertz CT molecular complexity index is 1280. The molecule has 4 rings (SSSR count). The normalized spacial score (nSPS) is 11.4. The van der Waals surface area contributed by atoms with Crippen molar-refractivity contribution in [2.45, 2.75) is 4.90 Å². The monoisotopic (exact) mass is 392 g/mol. The van der Waals surface area contributed by atoms with Gasteiger partial charge in [0.15, 0.2) is 0 Å². The summed E-state index contributed by atoms with van der Waals surface area (Å²) in [6, 6.07) is 20.7. The van der Waals surface area contributed by atoms with Gasteiger partial charge in [-0.15, -0.1) is 0 Å². The SMILES string of the molecule is NC(=O)c1ccn(-c2ccc(NS(=O)(=O)c3ccc4ccccc4c3)cc2)n1. The summed E-state index contributed by atoms with van der Waals surface area (Å²) in [5.41, 5.74) is 6.43. The Hall–Kier alpha value is -3.65. The molecular formula is C20H16N4O3S. The molecule has 0 aliphatic rings. The van der Waals surface area contributed by atoms with Crippen LogP contribution in [0.25, 0.3) is 16.5 Å². The average Bonchev–Trinajstić information content (AvgIpc) is 3.18. The van der Waals surface area contributed by atoms with Crippen molar-refractivity contribution in [3.8, 4) is 5.69 Å². The summed E-state index contributed by atoms with van der Waals surface area (Å²) < 4.78 is 29.5. The van der Waals surface area contributed by atoms with Crippen LogP contribution in [0.2, 0.25) is 0 Å². The van der Waals surface area contributed by atoms with Crippen LogP contribution in [0.3, 0.4) is 0 Å². The number of hydrogen-bond acceptors (Lipinski definition) is 4. The average molecular weight is 392 g/mol. The number of hydrogen-bond donors (Lipinski definition) is 2. The Balaban J connectivity index is 1.57. The molecule has 0 unspecified atom stereocenters. The van der Waals surface area contributed by atoms with Gasteiger partial charge in [0.05, 0.1) is 10.6 Å². The highest BCUT2D eigenvalue weighted by atomic mass is 32.2. The van der Waals surface area contributed by atoms with Crippen molar-refractivity contribution in [1.29, 1.82) is 0 Å². The van der Waals surface area contributed by atoms with Gasteiger partial charge < -0.3 is 5.73 Å². The number of sulfonamides is 1. The topological polar surface area (TPSA) is 107 Å². The van der Waals surface area contributed by atoms with E-state index in [-0.39, 0.29) is 10.6 Å². The van der Waals surface area contributed by atoms with E-state index >= 15 is 0 Å². The summed E-state index contributed by atoms with van der Waals surface area (Å²) >= 11 is 0. The molecule has 0 bridgehead atoms. The largest absolute Gasteiger partial charge is 0.364 e. The van der Waals surface area contributed by atoms with Gasteiger partial charge in [0, 0.05) is 11.9 Å². The number of rotatable bonds is 5. The quantitative estimate of drug-likeness (QED) is 0.544. The van der Waals surface area contributed by atoms with E-state index in [4.69, 9.17) is 5.73 Å². The summed E-state index contributed by atoms with van der Waals surface area (Å²) in [6.45, 7) is 0. The minimum Gasteiger partial charge on any atom is -0.364 e. The Kier molecular flexibility index (Phi) is 4.32. The summed E-state index contributed by atoms with van der Waals surface area (Å²) in [5, 5.41) is 5.89. The number of primary amides is 1. The van der Waals surface area contributed by atoms with E-state index < -0.39 is 15.9 Å². The predicted octanol–water partition coefficient (Wildman–Crippen LogP) is 2.93. The van der Waals surface area contributed by atoms with Crippen molar-refractivity contribution < 1.29 is 13.2 Å². The fourth-order valence-corrected chi connectivity index (χ4v) is 3.92. The van der Waals surface area contributed by atoms with Gasteiger partial charge in [0.25, 0.3) is 15.9 Å². The zero-order valence-electron chi connectivity index (χ0n) is 14.6. The number of benzene rings is 3. The number of carbonyl (C=O) groups excluding carboxylic acids is 1. The fraction of sp³-hybridized carbons (Fsp3) is 0. The Morgan fingerprint density at radius 3 is 2.32 bits per heavy atom. The molecule has 0 saturated carbocycles. The first-order valence-corrected chi connectivity index (χ1v) is 9.88. The van der Waals surface area contributed by atoms with Crippen LogP contribution >= 0.6 is 0 Å². The van der Waals surface area contributed by atoms with Gasteiger partial charge in [-0.1, -0.05) is 30.3 Å².